The Labute approximate surface area is 64.1 Å². The highest BCUT2D eigenvalue weighted by Gasteiger charge is 2.25. The summed E-state index contributed by atoms with van der Waals surface area (Å²) in [6.07, 6.45) is 0. The topological polar surface area (TPSA) is 46.2 Å². The number of piperidine rings is 1. The van der Waals surface area contributed by atoms with Crippen LogP contribution in [-0.2, 0) is 9.59 Å². The number of hydrogen-bond acceptors (Lipinski definition) is 2. The molecule has 0 atom stereocenters. The summed E-state index contributed by atoms with van der Waals surface area (Å²) in [4.78, 5) is 21.7. The van der Waals surface area contributed by atoms with E-state index in [0.717, 1.165) is 0 Å². The molecule has 0 saturated carbocycles. The molecule has 0 aliphatic carbocycles. The smallest absolute Gasteiger partial charge is 0.258 e. The van der Waals surface area contributed by atoms with Crippen LogP contribution in [0.3, 0.4) is 0 Å². The fourth-order valence-electron chi connectivity index (χ4n) is 0.710. The van der Waals surface area contributed by atoms with Gasteiger partial charge in [-0.2, -0.15) is 0 Å². The first-order valence-electron chi connectivity index (χ1n) is 2.97. The van der Waals surface area contributed by atoms with Crippen molar-refractivity contribution in [3.05, 3.63) is 36.5 Å². The molecule has 1 rings (SSSR count). The van der Waals surface area contributed by atoms with Gasteiger partial charge in [0.05, 0.1) is 0 Å². The van der Waals surface area contributed by atoms with Gasteiger partial charge in [-0.05, 0) is 5.57 Å². The maximum Gasteiger partial charge on any atom is 0.258 e. The van der Waals surface area contributed by atoms with Gasteiger partial charge in [-0.1, -0.05) is 19.7 Å². The lowest BCUT2D eigenvalue weighted by molar-refractivity contribution is -0.126. The summed E-state index contributed by atoms with van der Waals surface area (Å²) >= 11 is 0. The lowest BCUT2D eigenvalue weighted by Crippen LogP contribution is -2.38. The van der Waals surface area contributed by atoms with Crippen molar-refractivity contribution in [2.45, 2.75) is 0 Å². The number of imide groups is 1. The molecule has 0 spiro atoms. The minimum Gasteiger partial charge on any atom is -0.288 e. The number of hydrogen-bond donors (Lipinski definition) is 1. The van der Waals surface area contributed by atoms with E-state index in [0.29, 0.717) is 5.57 Å². The molecule has 0 aromatic heterocycles. The van der Waals surface area contributed by atoms with E-state index in [4.69, 9.17) is 0 Å². The van der Waals surface area contributed by atoms with Crippen LogP contribution in [0.2, 0.25) is 0 Å². The normalized spacial score (nSPS) is 18.7. The average molecular weight is 149 g/mol. The van der Waals surface area contributed by atoms with Gasteiger partial charge in [-0.25, -0.2) is 0 Å². The minimum atomic E-state index is -0.493. The number of rotatable bonds is 0. The van der Waals surface area contributed by atoms with Gasteiger partial charge in [0.25, 0.3) is 11.8 Å². The van der Waals surface area contributed by atoms with E-state index in [9.17, 15) is 9.59 Å². The predicted octanol–water partition coefficient (Wildman–Crippen LogP) is 0.311. The number of carbonyl (C=O) groups excluding carboxylic acids is 2. The SMILES string of the molecule is C=C1C(=C)C(=O)NC(=O)C1=C. The molecule has 1 heterocycles. The lowest BCUT2D eigenvalue weighted by atomic mass is 9.97. The second kappa shape index (κ2) is 2.20. The molecule has 3 nitrogen and oxygen atoms in total. The van der Waals surface area contributed by atoms with Crippen molar-refractivity contribution in [2.75, 3.05) is 0 Å². The molecule has 11 heavy (non-hydrogen) atoms. The summed E-state index contributed by atoms with van der Waals surface area (Å²) in [6, 6.07) is 0. The van der Waals surface area contributed by atoms with Crippen molar-refractivity contribution in [2.24, 2.45) is 0 Å². The Bertz CT molecular complexity index is 271. The van der Waals surface area contributed by atoms with Crippen molar-refractivity contribution in [3.8, 4) is 0 Å². The van der Waals surface area contributed by atoms with Gasteiger partial charge in [-0.3, -0.25) is 14.9 Å². The maximum absolute atomic E-state index is 10.8. The van der Waals surface area contributed by atoms with Gasteiger partial charge in [0.1, 0.15) is 0 Å². The van der Waals surface area contributed by atoms with Crippen LogP contribution in [0.15, 0.2) is 36.5 Å². The summed E-state index contributed by atoms with van der Waals surface area (Å²) in [7, 11) is 0. The third kappa shape index (κ3) is 1.00. The Morgan fingerprint density at radius 3 is 1.55 bits per heavy atom. The summed E-state index contributed by atoms with van der Waals surface area (Å²) in [5.74, 6) is -0.986. The van der Waals surface area contributed by atoms with Crippen LogP contribution in [0, 0.1) is 0 Å². The third-order valence-corrected chi connectivity index (χ3v) is 1.50. The molecule has 1 fully saturated rings. The molecule has 1 aliphatic rings. The van der Waals surface area contributed by atoms with Crippen LogP contribution in [0.1, 0.15) is 0 Å². The van der Waals surface area contributed by atoms with Crippen LogP contribution in [0.4, 0.5) is 0 Å². The molecular weight excluding hydrogens is 142 g/mol. The van der Waals surface area contributed by atoms with Crippen LogP contribution >= 0.6 is 0 Å². The molecular formula is C8H7NO2. The van der Waals surface area contributed by atoms with E-state index < -0.39 is 11.8 Å². The highest BCUT2D eigenvalue weighted by Crippen LogP contribution is 2.18. The Balaban J connectivity index is 3.06. The molecule has 3 heteroatoms. The zero-order valence-electron chi connectivity index (χ0n) is 5.94. The molecule has 1 saturated heterocycles. The van der Waals surface area contributed by atoms with Crippen molar-refractivity contribution in [1.82, 2.24) is 5.32 Å². The number of amides is 2. The summed E-state index contributed by atoms with van der Waals surface area (Å²) in [5, 5.41) is 2.07. The molecule has 1 aliphatic heterocycles. The van der Waals surface area contributed by atoms with E-state index in [1.54, 1.807) is 0 Å². The molecule has 56 valence electrons. The molecule has 2 amide bonds. The van der Waals surface area contributed by atoms with Crippen molar-refractivity contribution in [3.63, 3.8) is 0 Å². The fraction of sp³-hybridized carbons (Fsp3) is 0. The van der Waals surface area contributed by atoms with Crippen LogP contribution in [0.5, 0.6) is 0 Å². The molecule has 0 aromatic rings. The van der Waals surface area contributed by atoms with Crippen LogP contribution < -0.4 is 5.32 Å². The van der Waals surface area contributed by atoms with Gasteiger partial charge in [0, 0.05) is 11.1 Å². The van der Waals surface area contributed by atoms with Crippen LogP contribution in [-0.4, -0.2) is 11.8 Å². The average Bonchev–Trinajstić information content (AvgIpc) is 1.97. The van der Waals surface area contributed by atoms with E-state index in [1.165, 1.54) is 0 Å². The first-order chi connectivity index (χ1) is 5.04. The van der Waals surface area contributed by atoms with E-state index in [2.05, 4.69) is 25.1 Å². The second-order valence-corrected chi connectivity index (χ2v) is 2.22. The zero-order chi connectivity index (χ0) is 8.59. The second-order valence-electron chi connectivity index (χ2n) is 2.22. The summed E-state index contributed by atoms with van der Waals surface area (Å²) < 4.78 is 0. The zero-order valence-corrected chi connectivity index (χ0v) is 5.94. The quantitative estimate of drug-likeness (QED) is 0.398. The van der Waals surface area contributed by atoms with Gasteiger partial charge in [0.2, 0.25) is 0 Å². The maximum atomic E-state index is 10.8. The summed E-state index contributed by atoms with van der Waals surface area (Å²) in [6.45, 7) is 10.4. The lowest BCUT2D eigenvalue weighted by Gasteiger charge is -2.16. The fourth-order valence-corrected chi connectivity index (χ4v) is 0.710. The monoisotopic (exact) mass is 149 g/mol. The van der Waals surface area contributed by atoms with Gasteiger partial charge in [0.15, 0.2) is 0 Å². The molecule has 0 radical (unpaired) electrons. The predicted molar refractivity (Wildman–Crippen MR) is 40.6 cm³/mol. The number of nitrogens with one attached hydrogen (secondary N) is 1. The van der Waals surface area contributed by atoms with E-state index >= 15 is 0 Å². The first-order valence-corrected chi connectivity index (χ1v) is 2.97. The van der Waals surface area contributed by atoms with Gasteiger partial charge < -0.3 is 0 Å². The molecule has 0 bridgehead atoms. The number of carbonyl (C=O) groups is 2. The molecule has 1 N–H and O–H groups in total. The highest BCUT2D eigenvalue weighted by molar-refractivity contribution is 6.19. The van der Waals surface area contributed by atoms with Gasteiger partial charge in [-0.15, -0.1) is 0 Å². The Morgan fingerprint density at radius 2 is 1.18 bits per heavy atom. The Hall–Kier alpha value is -1.64. The largest absolute Gasteiger partial charge is 0.288 e. The minimum absolute atomic E-state index is 0.203. The molecule has 0 unspecified atom stereocenters. The Morgan fingerprint density at radius 1 is 0.818 bits per heavy atom. The van der Waals surface area contributed by atoms with Crippen LogP contribution in [0.25, 0.3) is 0 Å². The highest BCUT2D eigenvalue weighted by atomic mass is 16.2. The first kappa shape index (κ1) is 7.47. The van der Waals surface area contributed by atoms with Crippen molar-refractivity contribution < 1.29 is 9.59 Å². The van der Waals surface area contributed by atoms with Crippen molar-refractivity contribution >= 4 is 11.8 Å². The Kier molecular flexibility index (Phi) is 1.49. The standard InChI is InChI=1S/C8H7NO2/c1-4-5(2)7(10)9-8(11)6(4)3/h1-3H2,(H,9,10,11). The third-order valence-electron chi connectivity index (χ3n) is 1.50. The van der Waals surface area contributed by atoms with Gasteiger partial charge >= 0.3 is 0 Å². The van der Waals surface area contributed by atoms with Crippen molar-refractivity contribution in [1.29, 1.82) is 0 Å². The molecule has 0 aromatic carbocycles. The van der Waals surface area contributed by atoms with E-state index in [1.807, 2.05) is 0 Å². The van der Waals surface area contributed by atoms with E-state index in [-0.39, 0.29) is 11.1 Å². The summed E-state index contributed by atoms with van der Waals surface area (Å²) in [5.41, 5.74) is 0.725.